The van der Waals surface area contributed by atoms with Gasteiger partial charge in [0.05, 0.1) is 17.2 Å². The van der Waals surface area contributed by atoms with Gasteiger partial charge in [0.2, 0.25) is 0 Å². The molecule has 0 saturated carbocycles. The van der Waals surface area contributed by atoms with Crippen molar-refractivity contribution in [1.82, 2.24) is 4.98 Å². The highest BCUT2D eigenvalue weighted by molar-refractivity contribution is 7.91. The van der Waals surface area contributed by atoms with Gasteiger partial charge in [0.25, 0.3) is 0 Å². The zero-order valence-corrected chi connectivity index (χ0v) is 11.3. The average molecular weight is 271 g/mol. The molecular formula is C12H17NO4S. The van der Waals surface area contributed by atoms with Crippen molar-refractivity contribution in [3.05, 3.63) is 23.5 Å². The predicted octanol–water partition coefficient (Wildman–Crippen LogP) is 0.489. The second-order valence-electron chi connectivity index (χ2n) is 4.55. The second kappa shape index (κ2) is 4.85. The molecule has 2 rings (SSSR count). The lowest BCUT2D eigenvalue weighted by molar-refractivity contribution is 0.0728. The predicted molar refractivity (Wildman–Crippen MR) is 67.4 cm³/mol. The largest absolute Gasteiger partial charge is 0.485 e. The Morgan fingerprint density at radius 3 is 2.72 bits per heavy atom. The lowest BCUT2D eigenvalue weighted by Gasteiger charge is -2.17. The summed E-state index contributed by atoms with van der Waals surface area (Å²) in [6, 6.07) is 3.59. The van der Waals surface area contributed by atoms with Crippen molar-refractivity contribution in [3.8, 4) is 5.75 Å². The first-order valence-electron chi connectivity index (χ1n) is 5.93. The fourth-order valence-corrected chi connectivity index (χ4v) is 3.69. The quantitative estimate of drug-likeness (QED) is 0.865. The molecule has 0 amide bonds. The molecule has 1 fully saturated rings. The maximum absolute atomic E-state index is 11.4. The topological polar surface area (TPSA) is 76.5 Å². The Balaban J connectivity index is 2.20. The maximum atomic E-state index is 11.4. The van der Waals surface area contributed by atoms with E-state index in [1.807, 2.05) is 19.9 Å². The third kappa shape index (κ3) is 2.81. The van der Waals surface area contributed by atoms with E-state index < -0.39 is 22.0 Å². The summed E-state index contributed by atoms with van der Waals surface area (Å²) in [5.41, 5.74) is 1.67. The van der Waals surface area contributed by atoms with E-state index >= 15 is 0 Å². The Hall–Kier alpha value is -1.14. The second-order valence-corrected chi connectivity index (χ2v) is 6.71. The van der Waals surface area contributed by atoms with Crippen molar-refractivity contribution < 1.29 is 18.3 Å². The van der Waals surface area contributed by atoms with E-state index in [2.05, 4.69) is 4.98 Å². The summed E-state index contributed by atoms with van der Waals surface area (Å²) in [5, 5.41) is 9.68. The van der Waals surface area contributed by atoms with Crippen LogP contribution in [0.2, 0.25) is 0 Å². The number of hydrogen-bond donors (Lipinski definition) is 1. The summed E-state index contributed by atoms with van der Waals surface area (Å²) in [6.45, 7) is 3.84. The average Bonchev–Trinajstić information content (AvgIpc) is 2.54. The lowest BCUT2D eigenvalue weighted by Crippen LogP contribution is -2.30. The molecule has 0 aromatic carbocycles. The molecule has 0 radical (unpaired) electrons. The number of nitrogens with zero attached hydrogens (tertiary/aromatic N) is 1. The van der Waals surface area contributed by atoms with Crippen molar-refractivity contribution >= 4 is 9.84 Å². The van der Waals surface area contributed by atoms with Crippen LogP contribution in [-0.2, 0) is 16.3 Å². The molecule has 1 N–H and O–H groups in total. The van der Waals surface area contributed by atoms with Gasteiger partial charge in [-0.2, -0.15) is 0 Å². The molecular weight excluding hydrogens is 254 g/mol. The molecule has 6 heteroatoms. The Morgan fingerprint density at radius 2 is 2.17 bits per heavy atom. The summed E-state index contributed by atoms with van der Waals surface area (Å²) in [4.78, 5) is 4.34. The minimum Gasteiger partial charge on any atom is -0.485 e. The zero-order valence-electron chi connectivity index (χ0n) is 10.5. The summed E-state index contributed by atoms with van der Waals surface area (Å²) in [6.07, 6.45) is -0.946. The zero-order chi connectivity index (χ0) is 13.3. The van der Waals surface area contributed by atoms with Crippen LogP contribution in [0.15, 0.2) is 12.1 Å². The highest BCUT2D eigenvalue weighted by Gasteiger charge is 2.38. The van der Waals surface area contributed by atoms with E-state index in [9.17, 15) is 13.5 Å². The van der Waals surface area contributed by atoms with Gasteiger partial charge in [-0.25, -0.2) is 8.42 Å². The third-order valence-electron chi connectivity index (χ3n) is 2.96. The van der Waals surface area contributed by atoms with E-state index in [0.29, 0.717) is 12.2 Å². The van der Waals surface area contributed by atoms with Crippen LogP contribution in [0.4, 0.5) is 0 Å². The van der Waals surface area contributed by atoms with Crippen LogP contribution in [0.1, 0.15) is 18.3 Å². The lowest BCUT2D eigenvalue weighted by atomic mass is 10.2. The summed E-state index contributed by atoms with van der Waals surface area (Å²) in [5.74, 6) is 0.202. The third-order valence-corrected chi connectivity index (χ3v) is 4.64. The molecule has 1 saturated heterocycles. The maximum Gasteiger partial charge on any atom is 0.156 e. The molecule has 5 nitrogen and oxygen atoms in total. The van der Waals surface area contributed by atoms with Gasteiger partial charge in [-0.1, -0.05) is 6.92 Å². The number of pyridine rings is 1. The fourth-order valence-electron chi connectivity index (χ4n) is 2.03. The highest BCUT2D eigenvalue weighted by atomic mass is 32.2. The van der Waals surface area contributed by atoms with Crippen LogP contribution >= 0.6 is 0 Å². The standard InChI is InChI=1S/C12H17NO4S/c1-3-9-11(5-4-8(2)13-9)17-12-7-18(15,16)6-10(12)14/h4-5,10,12,14H,3,6-7H2,1-2H3. The van der Waals surface area contributed by atoms with Gasteiger partial charge in [-0.3, -0.25) is 4.98 Å². The Kier molecular flexibility index (Phi) is 3.59. The number of ether oxygens (including phenoxy) is 1. The van der Waals surface area contributed by atoms with Crippen molar-refractivity contribution in [1.29, 1.82) is 0 Å². The van der Waals surface area contributed by atoms with Gasteiger partial charge in [-0.15, -0.1) is 0 Å². The molecule has 1 aromatic rings. The van der Waals surface area contributed by atoms with Crippen molar-refractivity contribution in [3.63, 3.8) is 0 Å². The normalized spacial score (nSPS) is 26.2. The number of aliphatic hydroxyl groups is 1. The van der Waals surface area contributed by atoms with Crippen LogP contribution in [0.3, 0.4) is 0 Å². The molecule has 1 aliphatic heterocycles. The van der Waals surface area contributed by atoms with Gasteiger partial charge in [0.15, 0.2) is 9.84 Å². The van der Waals surface area contributed by atoms with Crippen LogP contribution < -0.4 is 4.74 Å². The van der Waals surface area contributed by atoms with E-state index in [4.69, 9.17) is 4.74 Å². The number of aryl methyl sites for hydroxylation is 2. The summed E-state index contributed by atoms with van der Waals surface area (Å²) < 4.78 is 28.4. The molecule has 0 spiro atoms. The van der Waals surface area contributed by atoms with Crippen molar-refractivity contribution in [2.45, 2.75) is 32.5 Å². The van der Waals surface area contributed by atoms with Gasteiger partial charge in [0, 0.05) is 5.69 Å². The Morgan fingerprint density at radius 1 is 1.44 bits per heavy atom. The first-order valence-corrected chi connectivity index (χ1v) is 7.75. The monoisotopic (exact) mass is 271 g/mol. The number of aliphatic hydroxyl groups excluding tert-OH is 1. The molecule has 0 bridgehead atoms. The number of aromatic nitrogens is 1. The first kappa shape index (κ1) is 13.3. The van der Waals surface area contributed by atoms with Crippen LogP contribution in [-0.4, -0.2) is 42.2 Å². The molecule has 100 valence electrons. The van der Waals surface area contributed by atoms with Gasteiger partial charge >= 0.3 is 0 Å². The molecule has 1 aromatic heterocycles. The molecule has 2 unspecified atom stereocenters. The van der Waals surface area contributed by atoms with Crippen molar-refractivity contribution in [2.24, 2.45) is 0 Å². The summed E-state index contributed by atoms with van der Waals surface area (Å²) >= 11 is 0. The highest BCUT2D eigenvalue weighted by Crippen LogP contribution is 2.23. The summed E-state index contributed by atoms with van der Waals surface area (Å²) in [7, 11) is -3.19. The number of sulfone groups is 1. The van der Waals surface area contributed by atoms with Gasteiger partial charge < -0.3 is 9.84 Å². The first-order chi connectivity index (χ1) is 8.41. The Bertz CT molecular complexity index is 541. The number of hydrogen-bond acceptors (Lipinski definition) is 5. The van der Waals surface area contributed by atoms with Gasteiger partial charge in [0.1, 0.15) is 18.0 Å². The molecule has 18 heavy (non-hydrogen) atoms. The molecule has 1 aliphatic rings. The van der Waals surface area contributed by atoms with E-state index in [1.165, 1.54) is 0 Å². The van der Waals surface area contributed by atoms with E-state index in [-0.39, 0.29) is 11.5 Å². The van der Waals surface area contributed by atoms with E-state index in [1.54, 1.807) is 6.07 Å². The fraction of sp³-hybridized carbons (Fsp3) is 0.583. The van der Waals surface area contributed by atoms with E-state index in [0.717, 1.165) is 11.4 Å². The Labute approximate surface area is 107 Å². The van der Waals surface area contributed by atoms with Crippen LogP contribution in [0, 0.1) is 6.92 Å². The minimum atomic E-state index is -3.19. The number of rotatable bonds is 3. The SMILES string of the molecule is CCc1nc(C)ccc1OC1CS(=O)(=O)CC1O. The molecule has 2 heterocycles. The van der Waals surface area contributed by atoms with Crippen molar-refractivity contribution in [2.75, 3.05) is 11.5 Å². The van der Waals surface area contributed by atoms with Crippen LogP contribution in [0.25, 0.3) is 0 Å². The van der Waals surface area contributed by atoms with Crippen LogP contribution in [0.5, 0.6) is 5.75 Å². The minimum absolute atomic E-state index is 0.134. The molecule has 2 atom stereocenters. The smallest absolute Gasteiger partial charge is 0.156 e. The van der Waals surface area contributed by atoms with Gasteiger partial charge in [-0.05, 0) is 25.5 Å². The molecule has 0 aliphatic carbocycles.